The summed E-state index contributed by atoms with van der Waals surface area (Å²) < 4.78 is 12.1. The first kappa shape index (κ1) is 21.9. The number of hydrogen-bond donors (Lipinski definition) is 2. The number of fused-ring (bicyclic) bond motifs is 1. The van der Waals surface area contributed by atoms with Crippen LogP contribution in [0.5, 0.6) is 0 Å². The van der Waals surface area contributed by atoms with E-state index < -0.39 is 5.97 Å². The molecule has 0 amide bonds. The summed E-state index contributed by atoms with van der Waals surface area (Å²) in [7, 11) is 0. The lowest BCUT2D eigenvalue weighted by Crippen LogP contribution is -2.45. The molecule has 4 rings (SSSR count). The molecule has 32 heavy (non-hydrogen) atoms. The molecule has 0 spiro atoms. The van der Waals surface area contributed by atoms with Gasteiger partial charge >= 0.3 is 5.97 Å². The summed E-state index contributed by atoms with van der Waals surface area (Å²) in [6.45, 7) is 9.14. The lowest BCUT2D eigenvalue weighted by Gasteiger charge is -2.35. The van der Waals surface area contributed by atoms with Gasteiger partial charge in [0.05, 0.1) is 29.2 Å². The maximum Gasteiger partial charge on any atom is 0.337 e. The Morgan fingerprint density at radius 1 is 1.16 bits per heavy atom. The standard InChI is InChI=1S/C25H28N2O5/c1-14-9-19(17(4)26-21-8-6-5-7-18(21)25(29)30)24-20(10-14)22(28)11-23(32-24)27-12-15(2)31-16(3)13-27/h5-11,15-17,26H,12-13H2,1-4H3,(H,29,30). The van der Waals surface area contributed by atoms with Crippen LogP contribution in [0.4, 0.5) is 11.6 Å². The molecule has 0 radical (unpaired) electrons. The first-order valence-electron chi connectivity index (χ1n) is 10.8. The van der Waals surface area contributed by atoms with Crippen LogP contribution in [0, 0.1) is 6.92 Å². The van der Waals surface area contributed by atoms with Crippen molar-refractivity contribution in [3.05, 3.63) is 69.4 Å². The Morgan fingerprint density at radius 3 is 2.53 bits per heavy atom. The van der Waals surface area contributed by atoms with Gasteiger partial charge in [0.15, 0.2) is 11.3 Å². The molecule has 168 valence electrons. The van der Waals surface area contributed by atoms with Crippen LogP contribution in [0.2, 0.25) is 0 Å². The van der Waals surface area contributed by atoms with Crippen molar-refractivity contribution in [2.24, 2.45) is 0 Å². The van der Waals surface area contributed by atoms with Crippen molar-refractivity contribution < 1.29 is 19.1 Å². The number of para-hydroxylation sites is 1. The average Bonchev–Trinajstić information content (AvgIpc) is 2.73. The number of anilines is 2. The molecule has 0 bridgehead atoms. The molecule has 3 aromatic rings. The number of carbonyl (C=O) groups is 1. The Morgan fingerprint density at radius 2 is 1.84 bits per heavy atom. The van der Waals surface area contributed by atoms with Crippen molar-refractivity contribution in [2.45, 2.75) is 45.9 Å². The highest BCUT2D eigenvalue weighted by atomic mass is 16.5. The van der Waals surface area contributed by atoms with Gasteiger partial charge in [-0.15, -0.1) is 0 Å². The SMILES string of the molecule is Cc1cc(C(C)Nc2ccccc2C(=O)O)c2oc(N3CC(C)OC(C)C3)cc(=O)c2c1. The molecule has 0 saturated carbocycles. The molecule has 3 unspecified atom stereocenters. The molecule has 2 N–H and O–H groups in total. The van der Waals surface area contributed by atoms with Crippen molar-refractivity contribution in [3.8, 4) is 0 Å². The maximum atomic E-state index is 13.0. The zero-order chi connectivity index (χ0) is 23.0. The number of nitrogens with one attached hydrogen (secondary N) is 1. The van der Waals surface area contributed by atoms with E-state index in [4.69, 9.17) is 9.15 Å². The minimum absolute atomic E-state index is 0.0327. The number of nitrogens with zero attached hydrogens (tertiary/aromatic N) is 1. The largest absolute Gasteiger partial charge is 0.478 e. The molecule has 3 atom stereocenters. The lowest BCUT2D eigenvalue weighted by molar-refractivity contribution is -0.00639. The van der Waals surface area contributed by atoms with Gasteiger partial charge in [0, 0.05) is 30.4 Å². The van der Waals surface area contributed by atoms with Gasteiger partial charge in [-0.2, -0.15) is 0 Å². The number of carboxylic acids is 1. The maximum absolute atomic E-state index is 13.0. The fraction of sp³-hybridized carbons (Fsp3) is 0.360. The third-order valence-corrected chi connectivity index (χ3v) is 5.72. The number of hydrogen-bond acceptors (Lipinski definition) is 6. The van der Waals surface area contributed by atoms with E-state index in [1.165, 1.54) is 0 Å². The number of benzene rings is 2. The second-order valence-corrected chi connectivity index (χ2v) is 8.56. The van der Waals surface area contributed by atoms with Crippen LogP contribution in [0.15, 0.2) is 51.7 Å². The number of aromatic carboxylic acids is 1. The quantitative estimate of drug-likeness (QED) is 0.604. The van der Waals surface area contributed by atoms with Crippen molar-refractivity contribution in [1.29, 1.82) is 0 Å². The highest BCUT2D eigenvalue weighted by Crippen LogP contribution is 2.31. The second-order valence-electron chi connectivity index (χ2n) is 8.56. The van der Waals surface area contributed by atoms with E-state index in [0.29, 0.717) is 35.6 Å². The van der Waals surface area contributed by atoms with Gasteiger partial charge in [-0.25, -0.2) is 4.79 Å². The summed E-state index contributed by atoms with van der Waals surface area (Å²) in [5.74, 6) is -0.480. The number of carboxylic acid groups (broad SMARTS) is 1. The molecule has 7 nitrogen and oxygen atoms in total. The third kappa shape index (κ3) is 4.34. The summed E-state index contributed by atoms with van der Waals surface area (Å²) in [5.41, 5.74) is 2.84. The van der Waals surface area contributed by atoms with Crippen LogP contribution in [0.25, 0.3) is 11.0 Å². The summed E-state index contributed by atoms with van der Waals surface area (Å²) in [4.78, 5) is 26.7. The van der Waals surface area contributed by atoms with Gasteiger partial charge in [0.1, 0.15) is 5.58 Å². The topological polar surface area (TPSA) is 92.0 Å². The molecular weight excluding hydrogens is 408 g/mol. The predicted octanol–water partition coefficient (Wildman–Crippen LogP) is 4.59. The van der Waals surface area contributed by atoms with Crippen LogP contribution in [0.3, 0.4) is 0 Å². The van der Waals surface area contributed by atoms with Gasteiger partial charge in [-0.05, 0) is 51.5 Å². The van der Waals surface area contributed by atoms with Crippen LogP contribution >= 0.6 is 0 Å². The van der Waals surface area contributed by atoms with E-state index in [2.05, 4.69) is 5.32 Å². The molecule has 0 aliphatic carbocycles. The van der Waals surface area contributed by atoms with Gasteiger partial charge in [0.25, 0.3) is 0 Å². The summed E-state index contributed by atoms with van der Waals surface area (Å²) >= 11 is 0. The molecule has 1 aromatic heterocycles. The fourth-order valence-corrected chi connectivity index (χ4v) is 4.36. The average molecular weight is 437 g/mol. The van der Waals surface area contributed by atoms with E-state index in [1.54, 1.807) is 30.3 Å². The van der Waals surface area contributed by atoms with Crippen molar-refractivity contribution in [3.63, 3.8) is 0 Å². The first-order valence-corrected chi connectivity index (χ1v) is 10.8. The number of morpholine rings is 1. The van der Waals surface area contributed by atoms with Crippen molar-refractivity contribution >= 4 is 28.5 Å². The molecule has 7 heteroatoms. The van der Waals surface area contributed by atoms with Crippen LogP contribution in [-0.4, -0.2) is 36.4 Å². The van der Waals surface area contributed by atoms with Gasteiger partial charge in [-0.3, -0.25) is 4.79 Å². The van der Waals surface area contributed by atoms with Crippen molar-refractivity contribution in [2.75, 3.05) is 23.3 Å². The Bertz CT molecular complexity index is 1210. The fourth-order valence-electron chi connectivity index (χ4n) is 4.36. The Labute approximate surface area is 186 Å². The minimum Gasteiger partial charge on any atom is -0.478 e. The van der Waals surface area contributed by atoms with Gasteiger partial charge in [-0.1, -0.05) is 18.2 Å². The predicted molar refractivity (Wildman–Crippen MR) is 125 cm³/mol. The number of aryl methyl sites for hydroxylation is 1. The summed E-state index contributed by atoms with van der Waals surface area (Å²) in [5, 5.41) is 13.3. The normalized spacial score (nSPS) is 19.7. The Hall–Kier alpha value is -3.32. The minimum atomic E-state index is -1.00. The molecule has 1 fully saturated rings. The van der Waals surface area contributed by atoms with E-state index >= 15 is 0 Å². The monoisotopic (exact) mass is 436 g/mol. The Balaban J connectivity index is 1.78. The molecule has 1 aliphatic heterocycles. The summed E-state index contributed by atoms with van der Waals surface area (Å²) in [6, 6.07) is 11.8. The van der Waals surface area contributed by atoms with E-state index in [0.717, 1.165) is 11.1 Å². The zero-order valence-electron chi connectivity index (χ0n) is 18.7. The first-order chi connectivity index (χ1) is 15.2. The molecular formula is C25H28N2O5. The molecule has 2 aromatic carbocycles. The molecule has 1 saturated heterocycles. The number of ether oxygens (including phenoxy) is 1. The van der Waals surface area contributed by atoms with Crippen molar-refractivity contribution in [1.82, 2.24) is 0 Å². The molecule has 2 heterocycles. The Kier molecular flexibility index (Phi) is 5.93. The van der Waals surface area contributed by atoms with Gasteiger partial charge < -0.3 is 24.5 Å². The number of rotatable bonds is 5. The second kappa shape index (κ2) is 8.67. The summed E-state index contributed by atoms with van der Waals surface area (Å²) in [6.07, 6.45) is 0.0655. The van der Waals surface area contributed by atoms with Crippen LogP contribution in [0.1, 0.15) is 48.3 Å². The van der Waals surface area contributed by atoms with Crippen LogP contribution in [-0.2, 0) is 4.74 Å². The highest BCUT2D eigenvalue weighted by molar-refractivity contribution is 5.94. The third-order valence-electron chi connectivity index (χ3n) is 5.72. The van der Waals surface area contributed by atoms with Gasteiger partial charge in [0.2, 0.25) is 0 Å². The lowest BCUT2D eigenvalue weighted by atomic mass is 10.0. The zero-order valence-corrected chi connectivity index (χ0v) is 18.7. The smallest absolute Gasteiger partial charge is 0.337 e. The molecule has 1 aliphatic rings. The van der Waals surface area contributed by atoms with E-state index in [-0.39, 0.29) is 29.2 Å². The van der Waals surface area contributed by atoms with E-state index in [9.17, 15) is 14.7 Å². The highest BCUT2D eigenvalue weighted by Gasteiger charge is 2.25. The van der Waals surface area contributed by atoms with Crippen LogP contribution < -0.4 is 15.6 Å². The van der Waals surface area contributed by atoms with E-state index in [1.807, 2.05) is 44.7 Å².